The average molecular weight is 461 g/mol. The van der Waals surface area contributed by atoms with Crippen LogP contribution in [0.1, 0.15) is 136 Å². The van der Waals surface area contributed by atoms with Gasteiger partial charge in [-0.25, -0.2) is 0 Å². The van der Waals surface area contributed by atoms with E-state index in [1.54, 1.807) is 18.5 Å². The molecule has 0 radical (unpaired) electrons. The van der Waals surface area contributed by atoms with E-state index in [9.17, 15) is 0 Å². The fourth-order valence-corrected chi connectivity index (χ4v) is 7.79. The van der Waals surface area contributed by atoms with Gasteiger partial charge in [-0.1, -0.05) is 97.8 Å². The van der Waals surface area contributed by atoms with Crippen molar-refractivity contribution in [3.63, 3.8) is 0 Å². The van der Waals surface area contributed by atoms with E-state index in [4.69, 9.17) is 9.90 Å². The van der Waals surface area contributed by atoms with Gasteiger partial charge in [-0.2, -0.15) is 0 Å². The molecule has 0 bridgehead atoms. The molecule has 4 heteroatoms. The summed E-state index contributed by atoms with van der Waals surface area (Å²) < 4.78 is 3.56. The molecule has 0 aliphatic rings. The molecule has 0 atom stereocenters. The van der Waals surface area contributed by atoms with Gasteiger partial charge in [-0.15, -0.1) is 0 Å². The fourth-order valence-electron chi connectivity index (χ4n) is 4.16. The number of carbonyl (C=O) groups excluding carboxylic acids is 1. The SMILES string of the molecule is CCCCCCCC[P+](C)(CCCCCCCC)CCCCCCCC.COC(=O)[O-]. The first-order valence-electron chi connectivity index (χ1n) is 13.5. The number of hydrogen-bond donors (Lipinski definition) is 0. The molecular formula is C27H57O3P. The molecule has 0 aromatic carbocycles. The van der Waals surface area contributed by atoms with Gasteiger partial charge in [0, 0.05) is 21.0 Å². The van der Waals surface area contributed by atoms with Crippen LogP contribution in [0.2, 0.25) is 0 Å². The second-order valence-electron chi connectivity index (χ2n) is 9.55. The van der Waals surface area contributed by atoms with Crippen molar-refractivity contribution < 1.29 is 14.6 Å². The highest BCUT2D eigenvalue weighted by molar-refractivity contribution is 7.75. The predicted molar refractivity (Wildman–Crippen MR) is 140 cm³/mol. The third-order valence-electron chi connectivity index (χ3n) is 6.32. The Kier molecular flexibility index (Phi) is 27.5. The number of carbonyl (C=O) groups is 1. The minimum Gasteiger partial charge on any atom is -0.553 e. The van der Waals surface area contributed by atoms with Gasteiger partial charge in [0.2, 0.25) is 0 Å². The Hall–Kier alpha value is -0.300. The Labute approximate surface area is 196 Å². The molecule has 0 saturated heterocycles. The predicted octanol–water partition coefficient (Wildman–Crippen LogP) is 8.69. The molecule has 31 heavy (non-hydrogen) atoms. The van der Waals surface area contributed by atoms with Crippen molar-refractivity contribution >= 4 is 13.4 Å². The first-order chi connectivity index (χ1) is 15.0. The van der Waals surface area contributed by atoms with E-state index in [0.29, 0.717) is 0 Å². The Morgan fingerprint density at radius 3 is 1.03 bits per heavy atom. The zero-order valence-electron chi connectivity index (χ0n) is 22.0. The van der Waals surface area contributed by atoms with Crippen molar-refractivity contribution in [2.45, 2.75) is 136 Å². The van der Waals surface area contributed by atoms with Gasteiger partial charge in [0.25, 0.3) is 6.16 Å². The van der Waals surface area contributed by atoms with Crippen molar-refractivity contribution in [1.82, 2.24) is 0 Å². The van der Waals surface area contributed by atoms with Gasteiger partial charge in [-0.3, -0.25) is 0 Å². The molecule has 0 aromatic heterocycles. The highest BCUT2D eigenvalue weighted by Gasteiger charge is 2.29. The van der Waals surface area contributed by atoms with E-state index >= 15 is 0 Å². The van der Waals surface area contributed by atoms with Crippen LogP contribution in [-0.2, 0) is 4.74 Å². The van der Waals surface area contributed by atoms with Crippen LogP contribution in [0.3, 0.4) is 0 Å². The quantitative estimate of drug-likeness (QED) is 0.0977. The van der Waals surface area contributed by atoms with Crippen LogP contribution in [0.4, 0.5) is 4.79 Å². The van der Waals surface area contributed by atoms with Crippen molar-refractivity contribution in [3.05, 3.63) is 0 Å². The largest absolute Gasteiger partial charge is 0.553 e. The molecule has 0 N–H and O–H groups in total. The maximum atomic E-state index is 9.03. The highest BCUT2D eigenvalue weighted by Crippen LogP contribution is 2.57. The molecule has 0 saturated carbocycles. The van der Waals surface area contributed by atoms with Gasteiger partial charge < -0.3 is 14.6 Å². The van der Waals surface area contributed by atoms with Crippen molar-refractivity contribution in [2.24, 2.45) is 0 Å². The van der Waals surface area contributed by atoms with Crippen LogP contribution in [0.25, 0.3) is 0 Å². The van der Waals surface area contributed by atoms with Crippen molar-refractivity contribution in [2.75, 3.05) is 32.3 Å². The standard InChI is InChI=1S/C25H54P.C2H4O3/c1-5-8-11-14-17-20-23-26(4,24-21-18-15-12-9-6-2)25-22-19-16-13-10-7-3;1-5-2(3)4/h5-25H2,1-4H3;1H3,(H,3,4)/q+1;/p-1. The molecule has 0 spiro atoms. The normalized spacial score (nSPS) is 11.1. The summed E-state index contributed by atoms with van der Waals surface area (Å²) in [5.74, 6) is 0. The zero-order chi connectivity index (χ0) is 23.6. The Morgan fingerprint density at radius 1 is 0.581 bits per heavy atom. The van der Waals surface area contributed by atoms with E-state index in [1.807, 2.05) is 0 Å². The van der Waals surface area contributed by atoms with E-state index in [-0.39, 0.29) is 0 Å². The molecule has 0 aliphatic heterocycles. The maximum absolute atomic E-state index is 9.03. The number of rotatable bonds is 21. The first kappa shape index (κ1) is 32.9. The number of unbranched alkanes of at least 4 members (excludes halogenated alkanes) is 15. The Balaban J connectivity index is 0. The third kappa shape index (κ3) is 27.7. The van der Waals surface area contributed by atoms with Crippen LogP contribution in [0, 0.1) is 0 Å². The van der Waals surface area contributed by atoms with E-state index < -0.39 is 13.4 Å². The minimum atomic E-state index is -1.50. The minimum absolute atomic E-state index is 0.636. The van der Waals surface area contributed by atoms with E-state index in [2.05, 4.69) is 32.2 Å². The fraction of sp³-hybridized carbons (Fsp3) is 0.963. The van der Waals surface area contributed by atoms with E-state index in [1.165, 1.54) is 116 Å². The summed E-state index contributed by atoms with van der Waals surface area (Å²) in [4.78, 5) is 9.03. The molecule has 0 aliphatic carbocycles. The van der Waals surface area contributed by atoms with Crippen LogP contribution in [0.5, 0.6) is 0 Å². The Bertz CT molecular complexity index is 320. The van der Waals surface area contributed by atoms with Crippen LogP contribution < -0.4 is 5.11 Å². The molecule has 0 rings (SSSR count). The van der Waals surface area contributed by atoms with Gasteiger partial charge in [0.1, 0.15) is 0 Å². The number of methoxy groups -OCH3 is 1. The van der Waals surface area contributed by atoms with Gasteiger partial charge in [0.05, 0.1) is 18.5 Å². The second kappa shape index (κ2) is 26.0. The molecule has 0 heterocycles. The van der Waals surface area contributed by atoms with Crippen molar-refractivity contribution in [3.8, 4) is 0 Å². The topological polar surface area (TPSA) is 49.4 Å². The van der Waals surface area contributed by atoms with Crippen molar-refractivity contribution in [1.29, 1.82) is 0 Å². The molecule has 3 nitrogen and oxygen atoms in total. The second-order valence-corrected chi connectivity index (χ2v) is 14.1. The van der Waals surface area contributed by atoms with Gasteiger partial charge >= 0.3 is 0 Å². The van der Waals surface area contributed by atoms with E-state index in [0.717, 1.165) is 7.11 Å². The lowest BCUT2D eigenvalue weighted by Crippen LogP contribution is -2.21. The maximum Gasteiger partial charge on any atom is 0.251 e. The summed E-state index contributed by atoms with van der Waals surface area (Å²) in [6.45, 7) is 9.70. The summed E-state index contributed by atoms with van der Waals surface area (Å²) in [5.41, 5.74) is 0. The number of carboxylic acid groups (broad SMARTS) is 1. The van der Waals surface area contributed by atoms with Gasteiger partial charge in [0.15, 0.2) is 0 Å². The third-order valence-corrected chi connectivity index (χ3v) is 10.5. The smallest absolute Gasteiger partial charge is 0.251 e. The zero-order valence-corrected chi connectivity index (χ0v) is 22.9. The lowest BCUT2D eigenvalue weighted by molar-refractivity contribution is -0.279. The molecule has 0 fully saturated rings. The highest BCUT2D eigenvalue weighted by atomic mass is 31.2. The summed E-state index contributed by atoms with van der Waals surface area (Å²) in [6, 6.07) is 0. The first-order valence-corrected chi connectivity index (χ1v) is 16.3. The lowest BCUT2D eigenvalue weighted by Gasteiger charge is -2.24. The molecule has 0 unspecified atom stereocenters. The van der Waals surface area contributed by atoms with Crippen LogP contribution in [-0.4, -0.2) is 38.4 Å². The molecule has 0 amide bonds. The summed E-state index contributed by atoms with van der Waals surface area (Å²) in [7, 11) is 0.401. The number of hydrogen-bond acceptors (Lipinski definition) is 3. The monoisotopic (exact) mass is 460 g/mol. The van der Waals surface area contributed by atoms with Gasteiger partial charge in [-0.05, 0) is 38.5 Å². The summed E-state index contributed by atoms with van der Waals surface area (Å²) in [5, 5.41) is 9.03. The Morgan fingerprint density at radius 2 is 0.806 bits per heavy atom. The molecule has 188 valence electrons. The average Bonchev–Trinajstić information content (AvgIpc) is 2.76. The van der Waals surface area contributed by atoms with Crippen LogP contribution in [0.15, 0.2) is 0 Å². The number of ether oxygens (including phenoxy) is 1. The molecular weight excluding hydrogens is 403 g/mol. The van der Waals surface area contributed by atoms with Crippen LogP contribution >= 0.6 is 7.26 Å². The molecule has 0 aromatic rings. The summed E-state index contributed by atoms with van der Waals surface area (Å²) >= 11 is 0. The summed E-state index contributed by atoms with van der Waals surface area (Å²) in [6.07, 6.45) is 29.7. The lowest BCUT2D eigenvalue weighted by atomic mass is 10.1.